The van der Waals surface area contributed by atoms with Crippen molar-refractivity contribution in [1.29, 1.82) is 5.26 Å². The molecule has 1 aromatic heterocycles. The highest BCUT2D eigenvalue weighted by molar-refractivity contribution is 5.42. The van der Waals surface area contributed by atoms with Crippen LogP contribution < -0.4 is 5.32 Å². The van der Waals surface area contributed by atoms with Crippen LogP contribution in [0.3, 0.4) is 0 Å². The SMILES string of the molecule is N#Cc1ccc(CNc2ccncc2)cc1. The van der Waals surface area contributed by atoms with E-state index in [4.69, 9.17) is 5.26 Å². The lowest BCUT2D eigenvalue weighted by Gasteiger charge is -2.05. The van der Waals surface area contributed by atoms with Crippen LogP contribution >= 0.6 is 0 Å². The highest BCUT2D eigenvalue weighted by Gasteiger charge is 1.94. The maximum atomic E-state index is 8.66. The Hall–Kier alpha value is -2.34. The third kappa shape index (κ3) is 2.58. The van der Waals surface area contributed by atoms with Crippen molar-refractivity contribution in [1.82, 2.24) is 4.98 Å². The maximum absolute atomic E-state index is 8.66. The van der Waals surface area contributed by atoms with Crippen molar-refractivity contribution in [2.45, 2.75) is 6.54 Å². The van der Waals surface area contributed by atoms with E-state index in [0.717, 1.165) is 17.8 Å². The number of nitrogens with one attached hydrogen (secondary N) is 1. The van der Waals surface area contributed by atoms with Crippen LogP contribution in [0.1, 0.15) is 11.1 Å². The molecule has 0 saturated carbocycles. The number of hydrogen-bond acceptors (Lipinski definition) is 3. The first-order valence-electron chi connectivity index (χ1n) is 5.01. The van der Waals surface area contributed by atoms with E-state index in [-0.39, 0.29) is 0 Å². The van der Waals surface area contributed by atoms with Gasteiger partial charge in [-0.2, -0.15) is 5.26 Å². The second kappa shape index (κ2) is 4.94. The number of anilines is 1. The van der Waals surface area contributed by atoms with Crippen molar-refractivity contribution < 1.29 is 0 Å². The first-order valence-corrected chi connectivity index (χ1v) is 5.01. The van der Waals surface area contributed by atoms with Crippen molar-refractivity contribution >= 4 is 5.69 Å². The zero-order valence-corrected chi connectivity index (χ0v) is 8.72. The molecule has 78 valence electrons. The van der Waals surface area contributed by atoms with Crippen molar-refractivity contribution in [2.24, 2.45) is 0 Å². The summed E-state index contributed by atoms with van der Waals surface area (Å²) in [5, 5.41) is 11.9. The minimum atomic E-state index is 0.688. The largest absolute Gasteiger partial charge is 0.381 e. The zero-order chi connectivity index (χ0) is 11.2. The lowest BCUT2D eigenvalue weighted by Crippen LogP contribution is -1.98. The number of rotatable bonds is 3. The molecule has 0 aliphatic carbocycles. The number of nitriles is 1. The molecule has 1 aromatic carbocycles. The van der Waals surface area contributed by atoms with E-state index in [2.05, 4.69) is 16.4 Å². The molecule has 0 saturated heterocycles. The molecule has 2 rings (SSSR count). The van der Waals surface area contributed by atoms with Gasteiger partial charge in [0.15, 0.2) is 0 Å². The summed E-state index contributed by atoms with van der Waals surface area (Å²) < 4.78 is 0. The van der Waals surface area contributed by atoms with E-state index in [1.165, 1.54) is 0 Å². The van der Waals surface area contributed by atoms with Crippen molar-refractivity contribution in [3.8, 4) is 6.07 Å². The Morgan fingerprint density at radius 3 is 2.38 bits per heavy atom. The number of hydrogen-bond donors (Lipinski definition) is 1. The minimum absolute atomic E-state index is 0.688. The molecule has 2 aromatic rings. The molecule has 0 aliphatic rings. The van der Waals surface area contributed by atoms with Gasteiger partial charge in [-0.1, -0.05) is 12.1 Å². The number of nitrogens with zero attached hydrogens (tertiary/aromatic N) is 2. The molecule has 16 heavy (non-hydrogen) atoms. The van der Waals surface area contributed by atoms with Gasteiger partial charge >= 0.3 is 0 Å². The van der Waals surface area contributed by atoms with Crippen LogP contribution in [0.15, 0.2) is 48.8 Å². The Morgan fingerprint density at radius 2 is 1.75 bits per heavy atom. The molecule has 0 aliphatic heterocycles. The van der Waals surface area contributed by atoms with Crippen LogP contribution in [-0.2, 0) is 6.54 Å². The fourth-order valence-corrected chi connectivity index (χ4v) is 1.37. The van der Waals surface area contributed by atoms with Crippen LogP contribution in [-0.4, -0.2) is 4.98 Å². The van der Waals surface area contributed by atoms with Crippen LogP contribution in [0.2, 0.25) is 0 Å². The van der Waals surface area contributed by atoms with E-state index in [9.17, 15) is 0 Å². The normalized spacial score (nSPS) is 9.44. The molecule has 0 spiro atoms. The first-order chi connectivity index (χ1) is 7.88. The molecule has 1 heterocycles. The summed E-state index contributed by atoms with van der Waals surface area (Å²) >= 11 is 0. The second-order valence-electron chi connectivity index (χ2n) is 3.40. The third-order valence-electron chi connectivity index (χ3n) is 2.26. The third-order valence-corrected chi connectivity index (χ3v) is 2.26. The van der Waals surface area contributed by atoms with E-state index < -0.39 is 0 Å². The molecule has 1 N–H and O–H groups in total. The number of aromatic nitrogens is 1. The van der Waals surface area contributed by atoms with Crippen molar-refractivity contribution in [2.75, 3.05) is 5.32 Å². The molecule has 0 atom stereocenters. The minimum Gasteiger partial charge on any atom is -0.381 e. The quantitative estimate of drug-likeness (QED) is 0.845. The standard InChI is InChI=1S/C13H11N3/c14-9-11-1-3-12(4-2-11)10-16-13-5-7-15-8-6-13/h1-8H,10H2,(H,15,16). The zero-order valence-electron chi connectivity index (χ0n) is 8.72. The van der Waals surface area contributed by atoms with E-state index in [1.807, 2.05) is 36.4 Å². The Labute approximate surface area is 94.4 Å². The molecule has 3 heteroatoms. The molecule has 0 amide bonds. The summed E-state index contributed by atoms with van der Waals surface area (Å²) in [6.07, 6.45) is 3.50. The number of pyridine rings is 1. The summed E-state index contributed by atoms with van der Waals surface area (Å²) in [6, 6.07) is 13.5. The van der Waals surface area contributed by atoms with Gasteiger partial charge in [0.25, 0.3) is 0 Å². The Kier molecular flexibility index (Phi) is 3.15. The topological polar surface area (TPSA) is 48.7 Å². The molecule has 0 radical (unpaired) electrons. The molecule has 3 nitrogen and oxygen atoms in total. The van der Waals surface area contributed by atoms with Gasteiger partial charge in [-0.3, -0.25) is 4.98 Å². The van der Waals surface area contributed by atoms with E-state index in [0.29, 0.717) is 5.56 Å². The average molecular weight is 209 g/mol. The summed E-state index contributed by atoms with van der Waals surface area (Å²) in [4.78, 5) is 3.95. The summed E-state index contributed by atoms with van der Waals surface area (Å²) in [5.74, 6) is 0. The highest BCUT2D eigenvalue weighted by atomic mass is 14.9. The predicted molar refractivity (Wildman–Crippen MR) is 62.7 cm³/mol. The van der Waals surface area contributed by atoms with Gasteiger partial charge < -0.3 is 5.32 Å². The fraction of sp³-hybridized carbons (Fsp3) is 0.0769. The lowest BCUT2D eigenvalue weighted by molar-refractivity contribution is 1.14. The Morgan fingerprint density at radius 1 is 1.06 bits per heavy atom. The van der Waals surface area contributed by atoms with Crippen LogP contribution in [0, 0.1) is 11.3 Å². The summed E-state index contributed by atoms with van der Waals surface area (Å²) in [5.41, 5.74) is 2.88. The van der Waals surface area contributed by atoms with Gasteiger partial charge in [-0.25, -0.2) is 0 Å². The van der Waals surface area contributed by atoms with E-state index in [1.54, 1.807) is 12.4 Å². The van der Waals surface area contributed by atoms with E-state index >= 15 is 0 Å². The van der Waals surface area contributed by atoms with Gasteiger partial charge in [-0.15, -0.1) is 0 Å². The molecular weight excluding hydrogens is 198 g/mol. The Balaban J connectivity index is 1.98. The smallest absolute Gasteiger partial charge is 0.0991 e. The van der Waals surface area contributed by atoms with Gasteiger partial charge in [0.1, 0.15) is 0 Å². The fourth-order valence-electron chi connectivity index (χ4n) is 1.37. The van der Waals surface area contributed by atoms with Crippen molar-refractivity contribution in [3.63, 3.8) is 0 Å². The predicted octanol–water partition coefficient (Wildman–Crippen LogP) is 2.57. The van der Waals surface area contributed by atoms with Gasteiger partial charge in [0, 0.05) is 24.6 Å². The highest BCUT2D eigenvalue weighted by Crippen LogP contribution is 2.08. The maximum Gasteiger partial charge on any atom is 0.0991 e. The first kappa shape index (κ1) is 10.2. The van der Waals surface area contributed by atoms with Crippen LogP contribution in [0.25, 0.3) is 0 Å². The van der Waals surface area contributed by atoms with Crippen LogP contribution in [0.4, 0.5) is 5.69 Å². The number of benzene rings is 1. The second-order valence-corrected chi connectivity index (χ2v) is 3.40. The molecule has 0 unspecified atom stereocenters. The van der Waals surface area contributed by atoms with Gasteiger partial charge in [0.2, 0.25) is 0 Å². The lowest BCUT2D eigenvalue weighted by atomic mass is 10.1. The average Bonchev–Trinajstić information content (AvgIpc) is 2.38. The van der Waals surface area contributed by atoms with Crippen LogP contribution in [0.5, 0.6) is 0 Å². The molecular formula is C13H11N3. The Bertz CT molecular complexity index is 483. The van der Waals surface area contributed by atoms with Gasteiger partial charge in [-0.05, 0) is 29.8 Å². The van der Waals surface area contributed by atoms with Crippen molar-refractivity contribution in [3.05, 3.63) is 59.9 Å². The summed E-state index contributed by atoms with van der Waals surface area (Å²) in [6.45, 7) is 0.746. The molecule has 0 fully saturated rings. The molecule has 0 bridgehead atoms. The van der Waals surface area contributed by atoms with Gasteiger partial charge in [0.05, 0.1) is 11.6 Å². The summed E-state index contributed by atoms with van der Waals surface area (Å²) in [7, 11) is 0. The monoisotopic (exact) mass is 209 g/mol.